The van der Waals surface area contributed by atoms with E-state index in [1.165, 1.54) is 0 Å². The second-order valence-electron chi connectivity index (χ2n) is 4.53. The van der Waals surface area contributed by atoms with Crippen LogP contribution in [0, 0.1) is 0 Å². The van der Waals surface area contributed by atoms with Crippen LogP contribution in [0.25, 0.3) is 11.3 Å². The standard InChI is InChI=1S/C17H15N3O/c1-21-15-9-5-8-14(12-15)18-17-11-10-16(19-20-17)13-6-3-2-4-7-13/h2-12H,1H3,(H,18,20). The van der Waals surface area contributed by atoms with Gasteiger partial charge in [-0.15, -0.1) is 10.2 Å². The molecule has 4 nitrogen and oxygen atoms in total. The summed E-state index contributed by atoms with van der Waals surface area (Å²) in [5, 5.41) is 11.7. The molecule has 1 aromatic heterocycles. The molecule has 4 heteroatoms. The lowest BCUT2D eigenvalue weighted by molar-refractivity contribution is 0.415. The van der Waals surface area contributed by atoms with Crippen LogP contribution in [0.4, 0.5) is 11.5 Å². The van der Waals surface area contributed by atoms with Gasteiger partial charge in [0.15, 0.2) is 5.82 Å². The molecule has 1 heterocycles. The number of benzene rings is 2. The van der Waals surface area contributed by atoms with Gasteiger partial charge in [0.25, 0.3) is 0 Å². The number of methoxy groups -OCH3 is 1. The Morgan fingerprint density at radius 3 is 2.43 bits per heavy atom. The molecule has 0 radical (unpaired) electrons. The van der Waals surface area contributed by atoms with E-state index < -0.39 is 0 Å². The van der Waals surface area contributed by atoms with E-state index in [-0.39, 0.29) is 0 Å². The minimum atomic E-state index is 0.697. The first-order chi connectivity index (χ1) is 10.3. The smallest absolute Gasteiger partial charge is 0.153 e. The van der Waals surface area contributed by atoms with Gasteiger partial charge in [0.05, 0.1) is 12.8 Å². The number of hydrogen-bond donors (Lipinski definition) is 1. The molecular weight excluding hydrogens is 262 g/mol. The zero-order valence-electron chi connectivity index (χ0n) is 11.7. The summed E-state index contributed by atoms with van der Waals surface area (Å²) in [5.41, 5.74) is 2.82. The van der Waals surface area contributed by atoms with Crippen molar-refractivity contribution in [3.63, 3.8) is 0 Å². The zero-order valence-corrected chi connectivity index (χ0v) is 11.7. The number of rotatable bonds is 4. The van der Waals surface area contributed by atoms with E-state index >= 15 is 0 Å². The second-order valence-corrected chi connectivity index (χ2v) is 4.53. The third-order valence-corrected chi connectivity index (χ3v) is 3.08. The van der Waals surface area contributed by atoms with Crippen LogP contribution in [0.15, 0.2) is 66.7 Å². The lowest BCUT2D eigenvalue weighted by Gasteiger charge is -2.07. The lowest BCUT2D eigenvalue weighted by atomic mass is 10.1. The Bertz CT molecular complexity index is 712. The number of nitrogens with zero attached hydrogens (tertiary/aromatic N) is 2. The second kappa shape index (κ2) is 6.05. The van der Waals surface area contributed by atoms with Gasteiger partial charge in [0, 0.05) is 17.3 Å². The Balaban J connectivity index is 1.78. The van der Waals surface area contributed by atoms with Gasteiger partial charge in [-0.3, -0.25) is 0 Å². The molecule has 104 valence electrons. The van der Waals surface area contributed by atoms with Crippen molar-refractivity contribution in [2.75, 3.05) is 12.4 Å². The molecule has 0 bridgehead atoms. The Labute approximate surface area is 123 Å². The number of hydrogen-bond acceptors (Lipinski definition) is 4. The van der Waals surface area contributed by atoms with Crippen molar-refractivity contribution in [3.05, 3.63) is 66.7 Å². The van der Waals surface area contributed by atoms with E-state index in [0.717, 1.165) is 22.7 Å². The summed E-state index contributed by atoms with van der Waals surface area (Å²) in [7, 11) is 1.65. The highest BCUT2D eigenvalue weighted by molar-refractivity contribution is 5.62. The molecule has 0 aliphatic heterocycles. The summed E-state index contributed by atoms with van der Waals surface area (Å²) in [6.45, 7) is 0. The van der Waals surface area contributed by atoms with Crippen LogP contribution in [0.5, 0.6) is 5.75 Å². The Hall–Kier alpha value is -2.88. The highest BCUT2D eigenvalue weighted by Crippen LogP contribution is 2.21. The molecule has 1 N–H and O–H groups in total. The molecule has 0 amide bonds. The first-order valence-corrected chi connectivity index (χ1v) is 6.65. The minimum absolute atomic E-state index is 0.697. The first-order valence-electron chi connectivity index (χ1n) is 6.65. The molecular formula is C17H15N3O. The van der Waals surface area contributed by atoms with E-state index in [1.54, 1.807) is 7.11 Å². The number of aromatic nitrogens is 2. The van der Waals surface area contributed by atoms with Crippen molar-refractivity contribution in [1.82, 2.24) is 10.2 Å². The summed E-state index contributed by atoms with van der Waals surface area (Å²) in [5.74, 6) is 1.50. The third kappa shape index (κ3) is 3.17. The molecule has 0 fully saturated rings. The van der Waals surface area contributed by atoms with Crippen molar-refractivity contribution in [1.29, 1.82) is 0 Å². The van der Waals surface area contributed by atoms with Gasteiger partial charge in [-0.25, -0.2) is 0 Å². The molecule has 0 unspecified atom stereocenters. The largest absolute Gasteiger partial charge is 0.497 e. The van der Waals surface area contributed by atoms with Crippen LogP contribution in [0.2, 0.25) is 0 Å². The summed E-state index contributed by atoms with van der Waals surface area (Å²) in [4.78, 5) is 0. The summed E-state index contributed by atoms with van der Waals surface area (Å²) in [6, 6.07) is 21.5. The molecule has 0 saturated carbocycles. The van der Waals surface area contributed by atoms with E-state index in [0.29, 0.717) is 5.82 Å². The number of ether oxygens (including phenoxy) is 1. The maximum absolute atomic E-state index is 5.19. The molecule has 21 heavy (non-hydrogen) atoms. The van der Waals surface area contributed by atoms with Crippen molar-refractivity contribution in [2.24, 2.45) is 0 Å². The molecule has 2 aromatic carbocycles. The SMILES string of the molecule is COc1cccc(Nc2ccc(-c3ccccc3)nn2)c1. The zero-order chi connectivity index (χ0) is 14.5. The summed E-state index contributed by atoms with van der Waals surface area (Å²) >= 11 is 0. The van der Waals surface area contributed by atoms with Gasteiger partial charge in [-0.05, 0) is 24.3 Å². The highest BCUT2D eigenvalue weighted by atomic mass is 16.5. The average molecular weight is 277 g/mol. The highest BCUT2D eigenvalue weighted by Gasteiger charge is 2.01. The molecule has 3 rings (SSSR count). The van der Waals surface area contributed by atoms with Crippen molar-refractivity contribution < 1.29 is 4.74 Å². The maximum Gasteiger partial charge on any atom is 0.153 e. The quantitative estimate of drug-likeness (QED) is 0.785. The fraction of sp³-hybridized carbons (Fsp3) is 0.0588. The van der Waals surface area contributed by atoms with Crippen molar-refractivity contribution in [2.45, 2.75) is 0 Å². The fourth-order valence-corrected chi connectivity index (χ4v) is 2.01. The topological polar surface area (TPSA) is 47.0 Å². The number of anilines is 2. The van der Waals surface area contributed by atoms with Gasteiger partial charge >= 0.3 is 0 Å². The van der Waals surface area contributed by atoms with Gasteiger partial charge in [-0.1, -0.05) is 36.4 Å². The molecule has 0 saturated heterocycles. The molecule has 0 aliphatic rings. The van der Waals surface area contributed by atoms with Crippen LogP contribution in [-0.2, 0) is 0 Å². The first kappa shape index (κ1) is 13.1. The van der Waals surface area contributed by atoms with E-state index in [4.69, 9.17) is 4.74 Å². The van der Waals surface area contributed by atoms with Crippen LogP contribution >= 0.6 is 0 Å². The van der Waals surface area contributed by atoms with E-state index in [9.17, 15) is 0 Å². The van der Waals surface area contributed by atoms with Gasteiger partial charge < -0.3 is 10.1 Å². The fourth-order valence-electron chi connectivity index (χ4n) is 2.01. The van der Waals surface area contributed by atoms with Crippen LogP contribution in [-0.4, -0.2) is 17.3 Å². The predicted octanol–water partition coefficient (Wildman–Crippen LogP) is 3.90. The van der Waals surface area contributed by atoms with Gasteiger partial charge in [0.1, 0.15) is 5.75 Å². The Kier molecular flexibility index (Phi) is 3.78. The Morgan fingerprint density at radius 1 is 0.857 bits per heavy atom. The monoisotopic (exact) mass is 277 g/mol. The third-order valence-electron chi connectivity index (χ3n) is 3.08. The average Bonchev–Trinajstić information content (AvgIpc) is 2.56. The minimum Gasteiger partial charge on any atom is -0.497 e. The predicted molar refractivity (Wildman–Crippen MR) is 83.7 cm³/mol. The Morgan fingerprint density at radius 2 is 1.71 bits per heavy atom. The van der Waals surface area contributed by atoms with Gasteiger partial charge in [-0.2, -0.15) is 0 Å². The summed E-state index contributed by atoms with van der Waals surface area (Å²) in [6.07, 6.45) is 0. The van der Waals surface area contributed by atoms with Crippen LogP contribution < -0.4 is 10.1 Å². The molecule has 3 aromatic rings. The molecule has 0 aliphatic carbocycles. The van der Waals surface area contributed by atoms with Crippen molar-refractivity contribution >= 4 is 11.5 Å². The summed E-state index contributed by atoms with van der Waals surface area (Å²) < 4.78 is 5.19. The molecule has 0 atom stereocenters. The van der Waals surface area contributed by atoms with E-state index in [2.05, 4.69) is 15.5 Å². The lowest BCUT2D eigenvalue weighted by Crippen LogP contribution is -1.96. The normalized spacial score (nSPS) is 10.1. The van der Waals surface area contributed by atoms with Crippen LogP contribution in [0.3, 0.4) is 0 Å². The van der Waals surface area contributed by atoms with Crippen LogP contribution in [0.1, 0.15) is 0 Å². The maximum atomic E-state index is 5.19. The number of nitrogens with one attached hydrogen (secondary N) is 1. The molecule has 0 spiro atoms. The van der Waals surface area contributed by atoms with Gasteiger partial charge in [0.2, 0.25) is 0 Å². The van der Waals surface area contributed by atoms with E-state index in [1.807, 2.05) is 66.7 Å². The van der Waals surface area contributed by atoms with Crippen molar-refractivity contribution in [3.8, 4) is 17.0 Å².